The molecule has 1 atom stereocenters. The van der Waals surface area contributed by atoms with E-state index >= 15 is 0 Å². The van der Waals surface area contributed by atoms with E-state index in [9.17, 15) is 0 Å². The zero-order valence-electron chi connectivity index (χ0n) is 30.7. The molecule has 2 heterocycles. The number of rotatable bonds is 7. The van der Waals surface area contributed by atoms with E-state index in [0.29, 0.717) is 5.82 Å². The van der Waals surface area contributed by atoms with Gasteiger partial charge in [-0.05, 0) is 74.0 Å². The maximum Gasteiger partial charge on any atom is 0.160 e. The first-order chi connectivity index (χ1) is 27.7. The van der Waals surface area contributed by atoms with E-state index in [1.54, 1.807) is 0 Å². The molecule has 0 bridgehead atoms. The van der Waals surface area contributed by atoms with Gasteiger partial charge in [-0.15, -0.1) is 0 Å². The number of nitrogens with one attached hydrogen (secondary N) is 1. The lowest BCUT2D eigenvalue weighted by Gasteiger charge is -2.29. The Morgan fingerprint density at radius 2 is 0.946 bits per heavy atom. The van der Waals surface area contributed by atoms with E-state index in [1.165, 1.54) is 44.2 Å². The van der Waals surface area contributed by atoms with Crippen LogP contribution in [0.5, 0.6) is 0 Å². The lowest BCUT2D eigenvalue weighted by molar-refractivity contribution is 0.974. The Morgan fingerprint density at radius 1 is 0.375 bits per heavy atom. The molecule has 8 aromatic carbocycles. The SMILES string of the molecule is C1=C(c2ccccc2)c2c(ccc3c(-c4ccc(-c5cc(-c6cccc(-c7ccccc7)c6)nc(-c6ccccc6)n5)cc4)cccc23)NC1c1ccccc1. The molecule has 56 heavy (non-hydrogen) atoms. The standard InChI is InChI=1S/C53H37N3/c1-5-15-36(16-6-1)42-23-13-24-43(33-42)51-35-50(55-53(56-51)41-21-11-4-12-22-41)40-29-27-38(28-30-40)44-25-14-26-46-45(44)31-32-48-52(46)47(37-17-7-2-8-18-37)34-49(54-48)39-19-9-3-10-20-39/h1-35,49,54H. The lowest BCUT2D eigenvalue weighted by atomic mass is 9.85. The summed E-state index contributed by atoms with van der Waals surface area (Å²) in [5.74, 6) is 0.705. The van der Waals surface area contributed by atoms with Crippen molar-refractivity contribution in [3.63, 3.8) is 0 Å². The van der Waals surface area contributed by atoms with Crippen LogP contribution in [0.4, 0.5) is 5.69 Å². The van der Waals surface area contributed by atoms with E-state index in [0.717, 1.165) is 44.9 Å². The number of benzene rings is 8. The van der Waals surface area contributed by atoms with E-state index in [-0.39, 0.29) is 6.04 Å². The van der Waals surface area contributed by atoms with Crippen molar-refractivity contribution >= 4 is 22.0 Å². The maximum atomic E-state index is 5.12. The van der Waals surface area contributed by atoms with Gasteiger partial charge in [-0.3, -0.25) is 0 Å². The van der Waals surface area contributed by atoms with Crippen LogP contribution < -0.4 is 5.32 Å². The van der Waals surface area contributed by atoms with Gasteiger partial charge < -0.3 is 5.32 Å². The van der Waals surface area contributed by atoms with Crippen molar-refractivity contribution in [2.75, 3.05) is 5.32 Å². The van der Waals surface area contributed by atoms with Gasteiger partial charge in [0.25, 0.3) is 0 Å². The van der Waals surface area contributed by atoms with Gasteiger partial charge in [0.15, 0.2) is 5.82 Å². The predicted octanol–water partition coefficient (Wildman–Crippen LogP) is 13.6. The highest BCUT2D eigenvalue weighted by Gasteiger charge is 2.24. The van der Waals surface area contributed by atoms with E-state index in [4.69, 9.17) is 9.97 Å². The van der Waals surface area contributed by atoms with Crippen molar-refractivity contribution in [3.8, 4) is 56.2 Å². The van der Waals surface area contributed by atoms with Crippen molar-refractivity contribution < 1.29 is 0 Å². The number of fused-ring (bicyclic) bond motifs is 3. The smallest absolute Gasteiger partial charge is 0.160 e. The number of hydrogen-bond acceptors (Lipinski definition) is 3. The molecule has 9 aromatic rings. The molecule has 0 saturated carbocycles. The summed E-state index contributed by atoms with van der Waals surface area (Å²) in [5.41, 5.74) is 15.6. The van der Waals surface area contributed by atoms with Crippen LogP contribution in [0.25, 0.3) is 72.5 Å². The molecule has 0 spiro atoms. The van der Waals surface area contributed by atoms with Crippen LogP contribution in [0, 0.1) is 0 Å². The van der Waals surface area contributed by atoms with Gasteiger partial charge in [-0.25, -0.2) is 9.97 Å². The Bertz CT molecular complexity index is 2850. The molecular weight excluding hydrogens is 679 g/mol. The second-order valence-electron chi connectivity index (χ2n) is 14.2. The third kappa shape index (κ3) is 6.36. The van der Waals surface area contributed by atoms with Crippen molar-refractivity contribution in [1.82, 2.24) is 9.97 Å². The van der Waals surface area contributed by atoms with Gasteiger partial charge in [0, 0.05) is 27.9 Å². The molecule has 0 fully saturated rings. The van der Waals surface area contributed by atoms with Crippen LogP contribution >= 0.6 is 0 Å². The first-order valence-corrected chi connectivity index (χ1v) is 19.1. The molecule has 1 aliphatic heterocycles. The maximum absolute atomic E-state index is 5.12. The Morgan fingerprint density at radius 3 is 1.66 bits per heavy atom. The van der Waals surface area contributed by atoms with E-state index in [2.05, 4.69) is 193 Å². The summed E-state index contributed by atoms with van der Waals surface area (Å²) in [5, 5.41) is 6.29. The largest absolute Gasteiger partial charge is 0.374 e. The summed E-state index contributed by atoms with van der Waals surface area (Å²) in [6.07, 6.45) is 2.38. The van der Waals surface area contributed by atoms with E-state index in [1.807, 2.05) is 24.3 Å². The highest BCUT2D eigenvalue weighted by molar-refractivity contribution is 6.08. The number of anilines is 1. The first kappa shape index (κ1) is 33.2. The van der Waals surface area contributed by atoms with Gasteiger partial charge in [-0.2, -0.15) is 0 Å². The fourth-order valence-corrected chi connectivity index (χ4v) is 7.95. The molecule has 1 aromatic heterocycles. The fraction of sp³-hybridized carbons (Fsp3) is 0.0189. The molecule has 1 unspecified atom stereocenters. The average molecular weight is 716 g/mol. The molecule has 3 heteroatoms. The molecule has 264 valence electrons. The Labute approximate surface area is 327 Å². The topological polar surface area (TPSA) is 37.8 Å². The number of aromatic nitrogens is 2. The van der Waals surface area contributed by atoms with E-state index < -0.39 is 0 Å². The zero-order chi connectivity index (χ0) is 37.3. The van der Waals surface area contributed by atoms with Crippen LogP contribution in [0.2, 0.25) is 0 Å². The summed E-state index contributed by atoms with van der Waals surface area (Å²) in [7, 11) is 0. The Kier molecular flexibility index (Phi) is 8.58. The zero-order valence-corrected chi connectivity index (χ0v) is 30.7. The summed E-state index contributed by atoms with van der Waals surface area (Å²) < 4.78 is 0. The second kappa shape index (κ2) is 14.5. The van der Waals surface area contributed by atoms with Crippen LogP contribution in [0.1, 0.15) is 22.7 Å². The van der Waals surface area contributed by atoms with Gasteiger partial charge in [0.2, 0.25) is 0 Å². The normalized spacial score (nSPS) is 13.4. The molecule has 10 rings (SSSR count). The van der Waals surface area contributed by atoms with Crippen LogP contribution in [-0.4, -0.2) is 9.97 Å². The molecule has 3 nitrogen and oxygen atoms in total. The Hall–Kier alpha value is -7.36. The second-order valence-corrected chi connectivity index (χ2v) is 14.2. The first-order valence-electron chi connectivity index (χ1n) is 19.1. The van der Waals surface area contributed by atoms with Gasteiger partial charge in [0.05, 0.1) is 17.4 Å². The van der Waals surface area contributed by atoms with Crippen LogP contribution in [-0.2, 0) is 0 Å². The highest BCUT2D eigenvalue weighted by Crippen LogP contribution is 2.44. The summed E-state index contributed by atoms with van der Waals surface area (Å²) in [6.45, 7) is 0. The van der Waals surface area contributed by atoms with Crippen molar-refractivity contribution in [2.45, 2.75) is 6.04 Å². The number of nitrogens with zero attached hydrogens (tertiary/aromatic N) is 2. The minimum atomic E-state index is 0.0737. The van der Waals surface area contributed by atoms with Crippen LogP contribution in [0.15, 0.2) is 212 Å². The molecular formula is C53H37N3. The summed E-state index contributed by atoms with van der Waals surface area (Å²) >= 11 is 0. The van der Waals surface area contributed by atoms with Gasteiger partial charge in [0.1, 0.15) is 0 Å². The summed E-state index contributed by atoms with van der Waals surface area (Å²) in [4.78, 5) is 10.2. The van der Waals surface area contributed by atoms with Crippen molar-refractivity contribution in [1.29, 1.82) is 0 Å². The van der Waals surface area contributed by atoms with Crippen molar-refractivity contribution in [2.24, 2.45) is 0 Å². The highest BCUT2D eigenvalue weighted by atomic mass is 14.9. The molecule has 0 aliphatic carbocycles. The molecule has 1 N–H and O–H groups in total. The molecule has 0 amide bonds. The monoisotopic (exact) mass is 715 g/mol. The van der Waals surface area contributed by atoms with Gasteiger partial charge in [-0.1, -0.05) is 188 Å². The third-order valence-electron chi connectivity index (χ3n) is 10.7. The minimum absolute atomic E-state index is 0.0737. The number of hydrogen-bond donors (Lipinski definition) is 1. The van der Waals surface area contributed by atoms with Crippen LogP contribution in [0.3, 0.4) is 0 Å². The lowest BCUT2D eigenvalue weighted by Crippen LogP contribution is -2.15. The summed E-state index contributed by atoms with van der Waals surface area (Å²) in [6, 6.07) is 73.0. The Balaban J connectivity index is 1.05. The van der Waals surface area contributed by atoms with Crippen molar-refractivity contribution in [3.05, 3.63) is 229 Å². The van der Waals surface area contributed by atoms with Gasteiger partial charge >= 0.3 is 0 Å². The molecule has 1 aliphatic rings. The minimum Gasteiger partial charge on any atom is -0.374 e. The molecule has 0 saturated heterocycles. The fourth-order valence-electron chi connectivity index (χ4n) is 7.95. The molecule has 0 radical (unpaired) electrons. The predicted molar refractivity (Wildman–Crippen MR) is 233 cm³/mol. The third-order valence-corrected chi connectivity index (χ3v) is 10.7. The average Bonchev–Trinajstić information content (AvgIpc) is 3.29. The quantitative estimate of drug-likeness (QED) is 0.178.